The zero-order valence-corrected chi connectivity index (χ0v) is 10.0. The molecule has 2 aliphatic heterocycles. The van der Waals surface area contributed by atoms with Crippen molar-refractivity contribution in [3.05, 3.63) is 29.6 Å². The number of amides is 1. The summed E-state index contributed by atoms with van der Waals surface area (Å²) in [6, 6.07) is 1.92. The summed E-state index contributed by atoms with van der Waals surface area (Å²) in [4.78, 5) is 18.4. The average Bonchev–Trinajstić information content (AvgIpc) is 2.88. The molecule has 0 spiro atoms. The number of nitrogens with zero attached hydrogens (tertiary/aromatic N) is 2. The van der Waals surface area contributed by atoms with Gasteiger partial charge in [-0.25, -0.2) is 0 Å². The Morgan fingerprint density at radius 1 is 1.35 bits per heavy atom. The Bertz CT molecular complexity index is 434. The molecule has 4 heteroatoms. The number of pyridine rings is 1. The van der Waals surface area contributed by atoms with E-state index in [0.29, 0.717) is 11.8 Å². The van der Waals surface area contributed by atoms with E-state index in [9.17, 15) is 4.79 Å². The van der Waals surface area contributed by atoms with Gasteiger partial charge in [0.05, 0.1) is 5.56 Å². The van der Waals surface area contributed by atoms with Crippen LogP contribution in [0, 0.1) is 18.8 Å². The fourth-order valence-corrected chi connectivity index (χ4v) is 2.88. The van der Waals surface area contributed by atoms with Crippen LogP contribution in [-0.4, -0.2) is 42.0 Å². The van der Waals surface area contributed by atoms with Crippen LogP contribution in [0.15, 0.2) is 18.5 Å². The van der Waals surface area contributed by atoms with Crippen molar-refractivity contribution in [2.75, 3.05) is 26.2 Å². The summed E-state index contributed by atoms with van der Waals surface area (Å²) in [7, 11) is 0. The molecule has 3 heterocycles. The molecule has 2 aliphatic rings. The van der Waals surface area contributed by atoms with Crippen molar-refractivity contribution in [2.24, 2.45) is 11.8 Å². The van der Waals surface area contributed by atoms with E-state index in [-0.39, 0.29) is 5.91 Å². The maximum Gasteiger partial charge on any atom is 0.255 e. The van der Waals surface area contributed by atoms with E-state index < -0.39 is 0 Å². The first-order valence-corrected chi connectivity index (χ1v) is 6.15. The minimum absolute atomic E-state index is 0.135. The zero-order chi connectivity index (χ0) is 11.8. The molecule has 1 aromatic heterocycles. The molecule has 4 nitrogen and oxygen atoms in total. The second-order valence-corrected chi connectivity index (χ2v) is 5.14. The highest BCUT2D eigenvalue weighted by molar-refractivity contribution is 5.94. The molecular formula is C13H17N3O. The minimum atomic E-state index is 0.135. The van der Waals surface area contributed by atoms with Crippen LogP contribution in [0.3, 0.4) is 0 Å². The van der Waals surface area contributed by atoms with Gasteiger partial charge in [-0.1, -0.05) is 0 Å². The van der Waals surface area contributed by atoms with Crippen LogP contribution < -0.4 is 5.32 Å². The van der Waals surface area contributed by atoms with E-state index in [0.717, 1.165) is 37.3 Å². The topological polar surface area (TPSA) is 45.2 Å². The summed E-state index contributed by atoms with van der Waals surface area (Å²) in [5.74, 6) is 1.43. The van der Waals surface area contributed by atoms with Crippen molar-refractivity contribution < 1.29 is 4.79 Å². The highest BCUT2D eigenvalue weighted by Gasteiger charge is 2.38. The fourth-order valence-electron chi connectivity index (χ4n) is 2.88. The highest BCUT2D eigenvalue weighted by atomic mass is 16.2. The summed E-state index contributed by atoms with van der Waals surface area (Å²) in [6.07, 6.45) is 3.45. The number of carbonyl (C=O) groups excluding carboxylic acids is 1. The first kappa shape index (κ1) is 10.7. The molecule has 1 amide bonds. The van der Waals surface area contributed by atoms with Gasteiger partial charge in [0.1, 0.15) is 0 Å². The molecule has 0 aromatic carbocycles. The monoisotopic (exact) mass is 231 g/mol. The number of aryl methyl sites for hydroxylation is 1. The smallest absolute Gasteiger partial charge is 0.255 e. The maximum absolute atomic E-state index is 12.3. The van der Waals surface area contributed by atoms with Crippen LogP contribution in [0.25, 0.3) is 0 Å². The van der Waals surface area contributed by atoms with Gasteiger partial charge in [-0.05, 0) is 30.4 Å². The summed E-state index contributed by atoms with van der Waals surface area (Å²) in [5, 5.41) is 3.38. The van der Waals surface area contributed by atoms with Crippen LogP contribution in [0.2, 0.25) is 0 Å². The van der Waals surface area contributed by atoms with Gasteiger partial charge in [0.25, 0.3) is 5.91 Å². The molecular weight excluding hydrogens is 214 g/mol. The number of fused-ring (bicyclic) bond motifs is 1. The normalized spacial score (nSPS) is 27.2. The minimum Gasteiger partial charge on any atom is -0.338 e. The van der Waals surface area contributed by atoms with Crippen molar-refractivity contribution in [1.29, 1.82) is 0 Å². The molecule has 0 radical (unpaired) electrons. The standard InChI is InChI=1S/C13H17N3O/c1-9-2-10(4-14-3-9)13(17)16-7-11-5-15-6-12(11)8-16/h2-4,11-12,15H,5-8H2,1H3/t11-,12+. The predicted molar refractivity (Wildman–Crippen MR) is 64.7 cm³/mol. The van der Waals surface area contributed by atoms with Crippen molar-refractivity contribution in [3.63, 3.8) is 0 Å². The van der Waals surface area contributed by atoms with Crippen molar-refractivity contribution in [3.8, 4) is 0 Å². The molecule has 0 saturated carbocycles. The van der Waals surface area contributed by atoms with Crippen molar-refractivity contribution >= 4 is 5.91 Å². The number of rotatable bonds is 1. The third kappa shape index (κ3) is 1.93. The molecule has 0 aliphatic carbocycles. The number of aromatic nitrogens is 1. The van der Waals surface area contributed by atoms with Crippen LogP contribution in [0.1, 0.15) is 15.9 Å². The molecule has 1 N–H and O–H groups in total. The van der Waals surface area contributed by atoms with Gasteiger partial charge in [0.15, 0.2) is 0 Å². The van der Waals surface area contributed by atoms with E-state index in [2.05, 4.69) is 10.3 Å². The van der Waals surface area contributed by atoms with Crippen LogP contribution in [0.4, 0.5) is 0 Å². The lowest BCUT2D eigenvalue weighted by Gasteiger charge is -2.17. The van der Waals surface area contributed by atoms with E-state index in [1.165, 1.54) is 0 Å². The van der Waals surface area contributed by atoms with Gasteiger partial charge in [0, 0.05) is 38.6 Å². The molecule has 2 saturated heterocycles. The summed E-state index contributed by atoms with van der Waals surface area (Å²) < 4.78 is 0. The molecule has 2 fully saturated rings. The number of hydrogen-bond donors (Lipinski definition) is 1. The Kier molecular flexibility index (Phi) is 2.59. The molecule has 0 bridgehead atoms. The van der Waals surface area contributed by atoms with Gasteiger partial charge in [-0.2, -0.15) is 0 Å². The van der Waals surface area contributed by atoms with Gasteiger partial charge >= 0.3 is 0 Å². The van der Waals surface area contributed by atoms with Crippen LogP contribution in [0.5, 0.6) is 0 Å². The molecule has 0 unspecified atom stereocenters. The Hall–Kier alpha value is -1.42. The third-order valence-corrected chi connectivity index (χ3v) is 3.80. The second kappa shape index (κ2) is 4.11. The molecule has 1 aromatic rings. The molecule has 3 rings (SSSR count). The first-order valence-electron chi connectivity index (χ1n) is 6.15. The quantitative estimate of drug-likeness (QED) is 0.773. The lowest BCUT2D eigenvalue weighted by molar-refractivity contribution is 0.0781. The van der Waals surface area contributed by atoms with E-state index >= 15 is 0 Å². The first-order chi connectivity index (χ1) is 8.24. The number of carbonyl (C=O) groups is 1. The van der Waals surface area contributed by atoms with E-state index in [4.69, 9.17) is 0 Å². The van der Waals surface area contributed by atoms with E-state index in [1.807, 2.05) is 17.9 Å². The highest BCUT2D eigenvalue weighted by Crippen LogP contribution is 2.27. The number of nitrogens with one attached hydrogen (secondary N) is 1. The SMILES string of the molecule is Cc1cncc(C(=O)N2C[C@H]3CNC[C@H]3C2)c1. The van der Waals surface area contributed by atoms with Crippen molar-refractivity contribution in [1.82, 2.24) is 15.2 Å². The van der Waals surface area contributed by atoms with Gasteiger partial charge in [0.2, 0.25) is 0 Å². The van der Waals surface area contributed by atoms with Gasteiger partial charge < -0.3 is 10.2 Å². The summed E-state index contributed by atoms with van der Waals surface area (Å²) in [6.45, 7) is 5.86. The number of hydrogen-bond acceptors (Lipinski definition) is 3. The second-order valence-electron chi connectivity index (χ2n) is 5.14. The molecule has 2 atom stereocenters. The van der Waals surface area contributed by atoms with Gasteiger partial charge in [-0.3, -0.25) is 9.78 Å². The third-order valence-electron chi connectivity index (χ3n) is 3.80. The van der Waals surface area contributed by atoms with Gasteiger partial charge in [-0.15, -0.1) is 0 Å². The predicted octanol–water partition coefficient (Wildman–Crippen LogP) is 0.681. The Labute approximate surface area is 101 Å². The van der Waals surface area contributed by atoms with Crippen LogP contribution in [-0.2, 0) is 0 Å². The molecule has 90 valence electrons. The Morgan fingerprint density at radius 2 is 2.06 bits per heavy atom. The maximum atomic E-state index is 12.3. The Morgan fingerprint density at radius 3 is 2.71 bits per heavy atom. The van der Waals surface area contributed by atoms with E-state index in [1.54, 1.807) is 12.4 Å². The largest absolute Gasteiger partial charge is 0.338 e. The fraction of sp³-hybridized carbons (Fsp3) is 0.538. The summed E-state index contributed by atoms with van der Waals surface area (Å²) >= 11 is 0. The summed E-state index contributed by atoms with van der Waals surface area (Å²) in [5.41, 5.74) is 1.76. The number of likely N-dealkylation sites (tertiary alicyclic amines) is 1. The lowest BCUT2D eigenvalue weighted by atomic mass is 10.0. The lowest BCUT2D eigenvalue weighted by Crippen LogP contribution is -2.31. The Balaban J connectivity index is 1.75. The van der Waals surface area contributed by atoms with Crippen molar-refractivity contribution in [2.45, 2.75) is 6.92 Å². The average molecular weight is 231 g/mol. The van der Waals surface area contributed by atoms with Crippen LogP contribution >= 0.6 is 0 Å². The molecule has 17 heavy (non-hydrogen) atoms. The zero-order valence-electron chi connectivity index (χ0n) is 10.0.